The van der Waals surface area contributed by atoms with Crippen molar-refractivity contribution < 1.29 is 5.11 Å². The van der Waals surface area contributed by atoms with E-state index in [1.807, 2.05) is 0 Å². The summed E-state index contributed by atoms with van der Waals surface area (Å²) in [5.74, 6) is 0.721. The molecule has 0 amide bonds. The predicted octanol–water partition coefficient (Wildman–Crippen LogP) is 0.00960. The molecule has 0 bridgehead atoms. The Morgan fingerprint density at radius 2 is 2.27 bits per heavy atom. The molecule has 1 aliphatic rings. The maximum atomic E-state index is 9.06. The van der Waals surface area contributed by atoms with E-state index in [1.54, 1.807) is 12.4 Å². The van der Waals surface area contributed by atoms with E-state index < -0.39 is 0 Å². The average Bonchev–Trinajstić information content (AvgIpc) is 2.30. The van der Waals surface area contributed by atoms with Crippen LogP contribution < -0.4 is 10.2 Å². The Hall–Kier alpha value is -0.720. The lowest BCUT2D eigenvalue weighted by atomic mass is 10.2. The van der Waals surface area contributed by atoms with Gasteiger partial charge in [-0.05, 0) is 15.9 Å². The summed E-state index contributed by atoms with van der Waals surface area (Å²) in [7, 11) is 0. The van der Waals surface area contributed by atoms with E-state index >= 15 is 0 Å². The molecule has 82 valence electrons. The number of aliphatic hydroxyl groups is 1. The van der Waals surface area contributed by atoms with Crippen LogP contribution in [-0.2, 0) is 0 Å². The summed E-state index contributed by atoms with van der Waals surface area (Å²) in [5, 5.41) is 12.3. The van der Waals surface area contributed by atoms with E-state index in [1.165, 1.54) is 0 Å². The Kier molecular flexibility index (Phi) is 3.50. The SMILES string of the molecule is OCC1CN(c2ncc(Br)cn2)CCN1. The molecule has 0 radical (unpaired) electrons. The van der Waals surface area contributed by atoms with Crippen molar-refractivity contribution >= 4 is 21.9 Å². The number of hydrogen-bond donors (Lipinski definition) is 2. The fraction of sp³-hybridized carbons (Fsp3) is 0.556. The highest BCUT2D eigenvalue weighted by Gasteiger charge is 2.20. The standard InChI is InChI=1S/C9H13BrN4O/c10-7-3-12-9(13-4-7)14-2-1-11-8(5-14)6-15/h3-4,8,11,15H,1-2,5-6H2. The van der Waals surface area contributed by atoms with E-state index in [2.05, 4.69) is 36.1 Å². The zero-order valence-electron chi connectivity index (χ0n) is 8.23. The molecule has 0 aliphatic carbocycles. The van der Waals surface area contributed by atoms with Gasteiger partial charge in [0.25, 0.3) is 0 Å². The van der Waals surface area contributed by atoms with Gasteiger partial charge in [-0.25, -0.2) is 9.97 Å². The van der Waals surface area contributed by atoms with Gasteiger partial charge in [0.15, 0.2) is 0 Å². The van der Waals surface area contributed by atoms with Gasteiger partial charge in [-0.2, -0.15) is 0 Å². The maximum absolute atomic E-state index is 9.06. The zero-order chi connectivity index (χ0) is 10.7. The number of rotatable bonds is 2. The van der Waals surface area contributed by atoms with Crippen LogP contribution in [0, 0.1) is 0 Å². The molecule has 2 rings (SSSR count). The Balaban J connectivity index is 2.06. The van der Waals surface area contributed by atoms with Gasteiger partial charge in [0.05, 0.1) is 11.1 Å². The molecule has 0 aromatic carbocycles. The molecule has 5 nitrogen and oxygen atoms in total. The van der Waals surface area contributed by atoms with Crippen molar-refractivity contribution in [3.8, 4) is 0 Å². The first kappa shape index (κ1) is 10.8. The number of aliphatic hydroxyl groups excluding tert-OH is 1. The second kappa shape index (κ2) is 4.87. The summed E-state index contributed by atoms with van der Waals surface area (Å²) in [6.45, 7) is 2.62. The second-order valence-electron chi connectivity index (χ2n) is 3.48. The molecule has 2 N–H and O–H groups in total. The smallest absolute Gasteiger partial charge is 0.225 e. The van der Waals surface area contributed by atoms with Crippen LogP contribution in [0.3, 0.4) is 0 Å². The van der Waals surface area contributed by atoms with Crippen LogP contribution in [0.5, 0.6) is 0 Å². The largest absolute Gasteiger partial charge is 0.395 e. The molecule has 15 heavy (non-hydrogen) atoms. The molecular weight excluding hydrogens is 260 g/mol. The van der Waals surface area contributed by atoms with Gasteiger partial charge < -0.3 is 15.3 Å². The summed E-state index contributed by atoms with van der Waals surface area (Å²) in [5.41, 5.74) is 0. The van der Waals surface area contributed by atoms with Crippen molar-refractivity contribution in [2.75, 3.05) is 31.1 Å². The molecule has 6 heteroatoms. The second-order valence-corrected chi connectivity index (χ2v) is 4.40. The van der Waals surface area contributed by atoms with Crippen molar-refractivity contribution in [3.05, 3.63) is 16.9 Å². The molecule has 1 aliphatic heterocycles. The lowest BCUT2D eigenvalue weighted by Gasteiger charge is -2.32. The first-order chi connectivity index (χ1) is 7.29. The summed E-state index contributed by atoms with van der Waals surface area (Å²) in [6, 6.07) is 0.117. The van der Waals surface area contributed by atoms with E-state index in [0.29, 0.717) is 0 Å². The topological polar surface area (TPSA) is 61.3 Å². The summed E-state index contributed by atoms with van der Waals surface area (Å²) >= 11 is 3.30. The normalized spacial score (nSPS) is 21.7. The molecular formula is C9H13BrN4O. The van der Waals surface area contributed by atoms with Crippen LogP contribution in [0.2, 0.25) is 0 Å². The minimum absolute atomic E-state index is 0.117. The zero-order valence-corrected chi connectivity index (χ0v) is 9.81. The van der Waals surface area contributed by atoms with Crippen LogP contribution in [0.4, 0.5) is 5.95 Å². The fourth-order valence-corrected chi connectivity index (χ4v) is 1.80. The Morgan fingerprint density at radius 3 is 2.93 bits per heavy atom. The van der Waals surface area contributed by atoms with Gasteiger partial charge >= 0.3 is 0 Å². The number of nitrogens with one attached hydrogen (secondary N) is 1. The van der Waals surface area contributed by atoms with Crippen molar-refractivity contribution in [3.63, 3.8) is 0 Å². The quantitative estimate of drug-likeness (QED) is 0.795. The minimum Gasteiger partial charge on any atom is -0.395 e. The van der Waals surface area contributed by atoms with Crippen molar-refractivity contribution in [1.29, 1.82) is 0 Å². The molecule has 0 saturated carbocycles. The van der Waals surface area contributed by atoms with Crippen molar-refractivity contribution in [1.82, 2.24) is 15.3 Å². The van der Waals surface area contributed by atoms with Crippen LogP contribution in [0.25, 0.3) is 0 Å². The van der Waals surface area contributed by atoms with Gasteiger partial charge in [0, 0.05) is 38.1 Å². The third-order valence-corrected chi connectivity index (χ3v) is 2.77. The van der Waals surface area contributed by atoms with Gasteiger partial charge in [0.1, 0.15) is 0 Å². The number of nitrogens with zero attached hydrogens (tertiary/aromatic N) is 3. The van der Waals surface area contributed by atoms with Crippen LogP contribution in [0.15, 0.2) is 16.9 Å². The van der Waals surface area contributed by atoms with Crippen molar-refractivity contribution in [2.24, 2.45) is 0 Å². The molecule has 1 saturated heterocycles. The number of piperazine rings is 1. The molecule has 0 spiro atoms. The van der Waals surface area contributed by atoms with Crippen molar-refractivity contribution in [2.45, 2.75) is 6.04 Å². The summed E-state index contributed by atoms with van der Waals surface area (Å²) in [4.78, 5) is 10.5. The Bertz CT molecular complexity index is 318. The third-order valence-electron chi connectivity index (χ3n) is 2.37. The van der Waals surface area contributed by atoms with E-state index in [9.17, 15) is 0 Å². The number of anilines is 1. The first-order valence-electron chi connectivity index (χ1n) is 4.86. The predicted molar refractivity (Wildman–Crippen MR) is 60.8 cm³/mol. The minimum atomic E-state index is 0.117. The third kappa shape index (κ3) is 2.64. The molecule has 1 unspecified atom stereocenters. The average molecular weight is 273 g/mol. The number of aromatic nitrogens is 2. The summed E-state index contributed by atoms with van der Waals surface area (Å²) in [6.07, 6.45) is 3.47. The van der Waals surface area contributed by atoms with E-state index in [4.69, 9.17) is 5.11 Å². The van der Waals surface area contributed by atoms with Gasteiger partial charge in [-0.15, -0.1) is 0 Å². The molecule has 2 heterocycles. The van der Waals surface area contributed by atoms with Crippen LogP contribution >= 0.6 is 15.9 Å². The number of hydrogen-bond acceptors (Lipinski definition) is 5. The Morgan fingerprint density at radius 1 is 1.53 bits per heavy atom. The highest BCUT2D eigenvalue weighted by molar-refractivity contribution is 9.10. The van der Waals surface area contributed by atoms with E-state index in [0.717, 1.165) is 30.1 Å². The molecule has 1 aromatic rings. The molecule has 1 atom stereocenters. The van der Waals surface area contributed by atoms with Gasteiger partial charge in [0.2, 0.25) is 5.95 Å². The number of halogens is 1. The Labute approximate surface area is 96.7 Å². The fourth-order valence-electron chi connectivity index (χ4n) is 1.60. The lowest BCUT2D eigenvalue weighted by molar-refractivity contribution is 0.235. The van der Waals surface area contributed by atoms with E-state index in [-0.39, 0.29) is 12.6 Å². The molecule has 1 fully saturated rings. The highest BCUT2D eigenvalue weighted by Crippen LogP contribution is 2.12. The lowest BCUT2D eigenvalue weighted by Crippen LogP contribution is -2.52. The van der Waals surface area contributed by atoms with Gasteiger partial charge in [-0.1, -0.05) is 0 Å². The van der Waals surface area contributed by atoms with Gasteiger partial charge in [-0.3, -0.25) is 0 Å². The monoisotopic (exact) mass is 272 g/mol. The first-order valence-corrected chi connectivity index (χ1v) is 5.65. The van der Waals surface area contributed by atoms with Crippen LogP contribution in [0.1, 0.15) is 0 Å². The molecule has 1 aromatic heterocycles. The van der Waals surface area contributed by atoms with Crippen LogP contribution in [-0.4, -0.2) is 47.4 Å². The maximum Gasteiger partial charge on any atom is 0.225 e. The summed E-state index contributed by atoms with van der Waals surface area (Å²) < 4.78 is 0.875. The highest BCUT2D eigenvalue weighted by atomic mass is 79.9.